The zero-order valence-electron chi connectivity index (χ0n) is 19.3. The molecule has 0 aliphatic heterocycles. The van der Waals surface area contributed by atoms with Crippen LogP contribution >= 0.6 is 11.3 Å². The first kappa shape index (κ1) is 23.1. The highest BCUT2D eigenvalue weighted by Gasteiger charge is 2.23. The van der Waals surface area contributed by atoms with Crippen LogP contribution in [0.5, 0.6) is 0 Å². The van der Waals surface area contributed by atoms with E-state index in [4.69, 9.17) is 4.98 Å². The fourth-order valence-electron chi connectivity index (χ4n) is 4.71. The Morgan fingerprint density at radius 1 is 1.27 bits per heavy atom. The van der Waals surface area contributed by atoms with Crippen LogP contribution in [-0.2, 0) is 6.54 Å². The van der Waals surface area contributed by atoms with Crippen molar-refractivity contribution >= 4 is 17.2 Å². The topological polar surface area (TPSA) is 46.9 Å². The molecule has 1 aliphatic carbocycles. The fraction of sp³-hybridized carbons (Fsp3) is 0.680. The number of thiazole rings is 1. The molecule has 0 aromatic carbocycles. The molecule has 1 aliphatic rings. The second kappa shape index (κ2) is 11.1. The van der Waals surface area contributed by atoms with Crippen LogP contribution in [-0.4, -0.2) is 22.0 Å². The van der Waals surface area contributed by atoms with Gasteiger partial charge in [0.25, 0.3) is 5.91 Å². The Morgan fingerprint density at radius 2 is 2.03 bits per heavy atom. The number of amides is 1. The van der Waals surface area contributed by atoms with Crippen LogP contribution in [0.2, 0.25) is 0 Å². The Kier molecular flexibility index (Phi) is 8.55. The van der Waals surface area contributed by atoms with Crippen molar-refractivity contribution in [3.8, 4) is 11.4 Å². The van der Waals surface area contributed by atoms with Gasteiger partial charge in [0.15, 0.2) is 0 Å². The van der Waals surface area contributed by atoms with Gasteiger partial charge in [-0.05, 0) is 51.0 Å². The minimum Gasteiger partial charge on any atom is -0.352 e. The monoisotopic (exact) mass is 429 g/mol. The van der Waals surface area contributed by atoms with Gasteiger partial charge in [0.1, 0.15) is 0 Å². The molecule has 1 fully saturated rings. The summed E-state index contributed by atoms with van der Waals surface area (Å²) in [4.78, 5) is 17.8. The summed E-state index contributed by atoms with van der Waals surface area (Å²) >= 11 is 1.68. The molecule has 3 rings (SSSR count). The zero-order chi connectivity index (χ0) is 21.5. The first-order valence-electron chi connectivity index (χ1n) is 11.9. The number of hydrogen-bond donors (Lipinski definition) is 1. The van der Waals surface area contributed by atoms with Crippen LogP contribution in [0.25, 0.3) is 11.4 Å². The maximum absolute atomic E-state index is 13.1. The van der Waals surface area contributed by atoms with E-state index in [1.807, 2.05) is 6.92 Å². The number of aromatic nitrogens is 2. The van der Waals surface area contributed by atoms with Gasteiger partial charge in [-0.3, -0.25) is 4.79 Å². The highest BCUT2D eigenvalue weighted by molar-refractivity contribution is 7.09. The van der Waals surface area contributed by atoms with Gasteiger partial charge < -0.3 is 9.88 Å². The van der Waals surface area contributed by atoms with Crippen molar-refractivity contribution < 1.29 is 4.79 Å². The van der Waals surface area contributed by atoms with E-state index >= 15 is 0 Å². The SMILES string of the molecule is CCCCC(CC)CNC(=O)c1cc(-c2csc(C)n2)n(CC2CCCCC2)c1C. The van der Waals surface area contributed by atoms with Gasteiger partial charge in [-0.1, -0.05) is 52.4 Å². The lowest BCUT2D eigenvalue weighted by atomic mass is 9.89. The van der Waals surface area contributed by atoms with E-state index < -0.39 is 0 Å². The first-order chi connectivity index (χ1) is 14.5. The van der Waals surface area contributed by atoms with Gasteiger partial charge in [-0.25, -0.2) is 4.98 Å². The molecule has 1 unspecified atom stereocenters. The third kappa shape index (κ3) is 5.75. The summed E-state index contributed by atoms with van der Waals surface area (Å²) in [7, 11) is 0. The maximum atomic E-state index is 13.1. The Morgan fingerprint density at radius 3 is 2.67 bits per heavy atom. The lowest BCUT2D eigenvalue weighted by molar-refractivity contribution is 0.0945. The predicted octanol–water partition coefficient (Wildman–Crippen LogP) is 6.75. The summed E-state index contributed by atoms with van der Waals surface area (Å²) in [6.45, 7) is 10.4. The molecule has 5 heteroatoms. The van der Waals surface area contributed by atoms with E-state index in [0.717, 1.165) is 47.2 Å². The number of carbonyl (C=O) groups is 1. The third-order valence-electron chi connectivity index (χ3n) is 6.75. The van der Waals surface area contributed by atoms with Gasteiger partial charge in [0.2, 0.25) is 0 Å². The standard InChI is InChI=1S/C25H39N3OS/c1-5-7-11-20(6-2)15-26-25(29)22-14-24(23-17-30-19(4)27-23)28(18(22)3)16-21-12-9-8-10-13-21/h14,17,20-21H,5-13,15-16H2,1-4H3,(H,26,29). The second-order valence-corrected chi connectivity index (χ2v) is 10.1. The summed E-state index contributed by atoms with van der Waals surface area (Å²) < 4.78 is 2.37. The molecule has 1 N–H and O–H groups in total. The number of nitrogens with zero attached hydrogens (tertiary/aromatic N) is 2. The summed E-state index contributed by atoms with van der Waals surface area (Å²) in [5.74, 6) is 1.34. The zero-order valence-corrected chi connectivity index (χ0v) is 20.1. The predicted molar refractivity (Wildman–Crippen MR) is 127 cm³/mol. The number of aryl methyl sites for hydroxylation is 1. The highest BCUT2D eigenvalue weighted by Crippen LogP contribution is 2.31. The number of rotatable bonds is 10. The van der Waals surface area contributed by atoms with Crippen LogP contribution in [0.1, 0.15) is 92.7 Å². The van der Waals surface area contributed by atoms with Crippen LogP contribution in [0, 0.1) is 25.7 Å². The van der Waals surface area contributed by atoms with E-state index in [9.17, 15) is 4.79 Å². The molecule has 1 saturated carbocycles. The van der Waals surface area contributed by atoms with Gasteiger partial charge >= 0.3 is 0 Å². The van der Waals surface area contributed by atoms with Crippen molar-refractivity contribution in [3.05, 3.63) is 27.7 Å². The molecular formula is C25H39N3OS. The Hall–Kier alpha value is -1.62. The van der Waals surface area contributed by atoms with E-state index in [1.165, 1.54) is 51.4 Å². The molecular weight excluding hydrogens is 390 g/mol. The number of nitrogens with one attached hydrogen (secondary N) is 1. The third-order valence-corrected chi connectivity index (χ3v) is 7.53. The summed E-state index contributed by atoms with van der Waals surface area (Å²) in [6, 6.07) is 2.08. The maximum Gasteiger partial charge on any atom is 0.253 e. The number of hydrogen-bond acceptors (Lipinski definition) is 3. The van der Waals surface area contributed by atoms with Crippen molar-refractivity contribution in [2.45, 2.75) is 92.0 Å². The van der Waals surface area contributed by atoms with Crippen LogP contribution in [0.3, 0.4) is 0 Å². The van der Waals surface area contributed by atoms with Crippen LogP contribution in [0.4, 0.5) is 0 Å². The molecule has 1 atom stereocenters. The fourth-order valence-corrected chi connectivity index (χ4v) is 5.31. The molecule has 2 heterocycles. The number of unbranched alkanes of at least 4 members (excludes halogenated alkanes) is 1. The van der Waals surface area contributed by atoms with Crippen molar-refractivity contribution in [1.29, 1.82) is 0 Å². The largest absolute Gasteiger partial charge is 0.352 e. The first-order valence-corrected chi connectivity index (χ1v) is 12.8. The lowest BCUT2D eigenvalue weighted by Crippen LogP contribution is -2.29. The second-order valence-electron chi connectivity index (χ2n) is 9.02. The Labute approximate surface area is 186 Å². The average molecular weight is 430 g/mol. The van der Waals surface area contributed by atoms with E-state index in [-0.39, 0.29) is 5.91 Å². The molecule has 0 radical (unpaired) electrons. The molecule has 0 bridgehead atoms. The average Bonchev–Trinajstić information content (AvgIpc) is 3.32. The molecule has 2 aromatic rings. The summed E-state index contributed by atoms with van der Waals surface area (Å²) in [5.41, 5.74) is 4.01. The van der Waals surface area contributed by atoms with Crippen molar-refractivity contribution in [1.82, 2.24) is 14.9 Å². The summed E-state index contributed by atoms with van der Waals surface area (Å²) in [6.07, 6.45) is 11.4. The highest BCUT2D eigenvalue weighted by atomic mass is 32.1. The molecule has 30 heavy (non-hydrogen) atoms. The quantitative estimate of drug-likeness (QED) is 0.454. The molecule has 166 valence electrons. The molecule has 1 amide bonds. The smallest absolute Gasteiger partial charge is 0.253 e. The minimum atomic E-state index is 0.0676. The number of carbonyl (C=O) groups excluding carboxylic acids is 1. The Bertz CT molecular complexity index is 816. The van der Waals surface area contributed by atoms with Crippen molar-refractivity contribution in [2.24, 2.45) is 11.8 Å². The minimum absolute atomic E-state index is 0.0676. The van der Waals surface area contributed by atoms with Gasteiger partial charge in [-0.2, -0.15) is 0 Å². The lowest BCUT2D eigenvalue weighted by Gasteiger charge is -2.24. The van der Waals surface area contributed by atoms with Gasteiger partial charge in [0, 0.05) is 24.2 Å². The van der Waals surface area contributed by atoms with Gasteiger partial charge in [-0.15, -0.1) is 11.3 Å². The molecule has 0 saturated heterocycles. The van der Waals surface area contributed by atoms with Crippen molar-refractivity contribution in [2.75, 3.05) is 6.54 Å². The van der Waals surface area contributed by atoms with Crippen LogP contribution in [0.15, 0.2) is 11.4 Å². The van der Waals surface area contributed by atoms with Gasteiger partial charge in [0.05, 0.1) is 22.0 Å². The molecule has 0 spiro atoms. The van der Waals surface area contributed by atoms with E-state index in [0.29, 0.717) is 11.8 Å². The normalized spacial score (nSPS) is 16.0. The Balaban J connectivity index is 1.80. The van der Waals surface area contributed by atoms with Crippen molar-refractivity contribution in [3.63, 3.8) is 0 Å². The molecule has 4 nitrogen and oxygen atoms in total. The van der Waals surface area contributed by atoms with E-state index in [2.05, 4.69) is 42.1 Å². The van der Waals surface area contributed by atoms with E-state index in [1.54, 1.807) is 11.3 Å². The molecule has 2 aromatic heterocycles. The van der Waals surface area contributed by atoms with Crippen LogP contribution < -0.4 is 5.32 Å². The summed E-state index contributed by atoms with van der Waals surface area (Å²) in [5, 5.41) is 6.43.